The lowest BCUT2D eigenvalue weighted by atomic mass is 9.75. The van der Waals surface area contributed by atoms with Crippen molar-refractivity contribution in [3.05, 3.63) is 89.5 Å². The molecule has 5 rings (SSSR count). The number of benzene rings is 3. The van der Waals surface area contributed by atoms with Crippen LogP contribution >= 0.6 is 0 Å². The summed E-state index contributed by atoms with van der Waals surface area (Å²) in [6, 6.07) is 20.2. The van der Waals surface area contributed by atoms with E-state index < -0.39 is 5.97 Å². The third-order valence-electron chi connectivity index (χ3n) is 5.78. The maximum atomic E-state index is 11.7. The molecule has 3 heteroatoms. The molecule has 2 aliphatic rings. The number of hydrogen-bond acceptors (Lipinski definition) is 3. The van der Waals surface area contributed by atoms with Gasteiger partial charge in [0.15, 0.2) is 0 Å². The van der Waals surface area contributed by atoms with Crippen LogP contribution in [0.15, 0.2) is 72.8 Å². The molecule has 0 bridgehead atoms. The minimum Gasteiger partial charge on any atom is -0.545 e. The van der Waals surface area contributed by atoms with Gasteiger partial charge in [-0.15, -0.1) is 0 Å². The van der Waals surface area contributed by atoms with Crippen molar-refractivity contribution in [1.29, 1.82) is 0 Å². The van der Waals surface area contributed by atoms with Gasteiger partial charge in [0.1, 0.15) is 0 Å². The minimum absolute atomic E-state index is 0.0640. The van der Waals surface area contributed by atoms with Gasteiger partial charge in [-0.25, -0.2) is 0 Å². The summed E-state index contributed by atoms with van der Waals surface area (Å²) in [5, 5.41) is 17.6. The van der Waals surface area contributed by atoms with E-state index in [4.69, 9.17) is 0 Å². The van der Waals surface area contributed by atoms with Crippen LogP contribution in [0.25, 0.3) is 10.8 Å². The zero-order chi connectivity index (χ0) is 17.7. The fraction of sp³-hybridized carbons (Fsp3) is 0.174. The van der Waals surface area contributed by atoms with Crippen LogP contribution in [0.1, 0.15) is 39.9 Å². The maximum absolute atomic E-state index is 11.7. The van der Waals surface area contributed by atoms with E-state index in [0.29, 0.717) is 11.6 Å². The van der Waals surface area contributed by atoms with Crippen LogP contribution in [0, 0.1) is 5.92 Å². The van der Waals surface area contributed by atoms with Crippen LogP contribution < -0.4 is 10.4 Å². The van der Waals surface area contributed by atoms with Crippen LogP contribution in [0.4, 0.5) is 5.69 Å². The Morgan fingerprint density at radius 1 is 0.962 bits per heavy atom. The molecule has 1 N–H and O–H groups in total. The number of para-hydroxylation sites is 1. The van der Waals surface area contributed by atoms with Gasteiger partial charge in [-0.2, -0.15) is 0 Å². The Hall–Kier alpha value is -3.07. The van der Waals surface area contributed by atoms with Crippen LogP contribution in [0.3, 0.4) is 0 Å². The van der Waals surface area contributed by atoms with Gasteiger partial charge in [-0.1, -0.05) is 72.8 Å². The smallest absolute Gasteiger partial charge is 0.0736 e. The van der Waals surface area contributed by atoms with Crippen molar-refractivity contribution < 1.29 is 9.90 Å². The molecule has 128 valence electrons. The van der Waals surface area contributed by atoms with Crippen molar-refractivity contribution in [3.8, 4) is 0 Å². The number of carbonyl (C=O) groups excluding carboxylic acids is 1. The van der Waals surface area contributed by atoms with E-state index in [1.54, 1.807) is 6.07 Å². The Kier molecular flexibility index (Phi) is 3.35. The van der Waals surface area contributed by atoms with Gasteiger partial charge in [-0.3, -0.25) is 0 Å². The molecular weight excluding hydrogens is 322 g/mol. The number of fused-ring (bicyclic) bond motifs is 4. The molecule has 3 nitrogen and oxygen atoms in total. The average molecular weight is 340 g/mol. The highest BCUT2D eigenvalue weighted by molar-refractivity contribution is 5.95. The Balaban J connectivity index is 1.71. The van der Waals surface area contributed by atoms with Gasteiger partial charge >= 0.3 is 0 Å². The molecule has 3 aromatic rings. The number of anilines is 1. The van der Waals surface area contributed by atoms with Crippen molar-refractivity contribution >= 4 is 22.4 Å². The molecule has 3 atom stereocenters. The summed E-state index contributed by atoms with van der Waals surface area (Å²) in [5.74, 6) is -0.522. The second kappa shape index (κ2) is 5.73. The van der Waals surface area contributed by atoms with Gasteiger partial charge in [0.25, 0.3) is 0 Å². The first kappa shape index (κ1) is 15.2. The molecule has 0 radical (unpaired) electrons. The molecule has 0 saturated carbocycles. The van der Waals surface area contributed by atoms with Crippen molar-refractivity contribution in [3.63, 3.8) is 0 Å². The minimum atomic E-state index is -1.13. The number of carbonyl (C=O) groups is 1. The van der Waals surface area contributed by atoms with Gasteiger partial charge < -0.3 is 15.2 Å². The quantitative estimate of drug-likeness (QED) is 0.717. The third kappa shape index (κ3) is 2.17. The van der Waals surface area contributed by atoms with Crippen LogP contribution in [0.2, 0.25) is 0 Å². The molecule has 1 aliphatic heterocycles. The summed E-state index contributed by atoms with van der Waals surface area (Å²) in [6.45, 7) is 0. The molecule has 26 heavy (non-hydrogen) atoms. The number of carboxylic acids is 1. The third-order valence-corrected chi connectivity index (χ3v) is 5.78. The first-order valence-electron chi connectivity index (χ1n) is 8.99. The Labute approximate surface area is 152 Å². The van der Waals surface area contributed by atoms with Crippen LogP contribution in [-0.4, -0.2) is 5.97 Å². The van der Waals surface area contributed by atoms with Crippen molar-refractivity contribution in [2.75, 3.05) is 5.32 Å². The lowest BCUT2D eigenvalue weighted by Crippen LogP contribution is -2.32. The number of rotatable bonds is 2. The van der Waals surface area contributed by atoms with E-state index >= 15 is 0 Å². The standard InChI is InChI=1S/C23H19NO2/c25-23(26)20-13-5-12-19-16-9-4-11-18(16)21(24-22(19)20)17-10-3-7-14-6-1-2-8-15(14)17/h1-10,12-13,16,18,21,24H,11H2,(H,25,26)/p-1/t16-,18-,21-/m1/s1. The van der Waals surface area contributed by atoms with Gasteiger partial charge in [0.2, 0.25) is 0 Å². The van der Waals surface area contributed by atoms with Gasteiger partial charge in [0, 0.05) is 17.2 Å². The predicted molar refractivity (Wildman–Crippen MR) is 101 cm³/mol. The van der Waals surface area contributed by atoms with Crippen molar-refractivity contribution in [1.82, 2.24) is 0 Å². The first-order chi connectivity index (χ1) is 12.7. The molecule has 1 heterocycles. The number of aromatic carboxylic acids is 1. The van der Waals surface area contributed by atoms with Crippen molar-refractivity contribution in [2.45, 2.75) is 18.4 Å². The second-order valence-electron chi connectivity index (χ2n) is 7.10. The second-order valence-corrected chi connectivity index (χ2v) is 7.10. The highest BCUT2D eigenvalue weighted by Gasteiger charge is 2.39. The lowest BCUT2D eigenvalue weighted by molar-refractivity contribution is -0.254. The summed E-state index contributed by atoms with van der Waals surface area (Å²) in [6.07, 6.45) is 5.43. The predicted octanol–water partition coefficient (Wildman–Crippen LogP) is 4.03. The highest BCUT2D eigenvalue weighted by Crippen LogP contribution is 2.51. The number of hydrogen-bond donors (Lipinski definition) is 1. The van der Waals surface area contributed by atoms with E-state index in [2.05, 4.69) is 53.9 Å². The molecule has 0 spiro atoms. The molecule has 0 unspecified atom stereocenters. The molecule has 0 fully saturated rings. The van der Waals surface area contributed by atoms with Crippen LogP contribution in [0.5, 0.6) is 0 Å². The average Bonchev–Trinajstić information content (AvgIpc) is 3.16. The van der Waals surface area contributed by atoms with Gasteiger partial charge in [0.05, 0.1) is 12.0 Å². The Bertz CT molecular complexity index is 1050. The highest BCUT2D eigenvalue weighted by atomic mass is 16.4. The fourth-order valence-electron chi connectivity index (χ4n) is 4.62. The zero-order valence-corrected chi connectivity index (χ0v) is 14.2. The van der Waals surface area contributed by atoms with E-state index in [-0.39, 0.29) is 17.5 Å². The van der Waals surface area contributed by atoms with E-state index in [9.17, 15) is 9.90 Å². The molecule has 3 aromatic carbocycles. The molecular formula is C23H18NO2-. The summed E-state index contributed by atoms with van der Waals surface area (Å²) in [7, 11) is 0. The number of allylic oxidation sites excluding steroid dienone is 2. The summed E-state index contributed by atoms with van der Waals surface area (Å²) in [4.78, 5) is 11.7. The van der Waals surface area contributed by atoms with E-state index in [1.165, 1.54) is 16.3 Å². The normalized spacial score (nSPS) is 23.3. The Morgan fingerprint density at radius 2 is 1.73 bits per heavy atom. The largest absolute Gasteiger partial charge is 0.545 e. The first-order valence-corrected chi connectivity index (χ1v) is 8.99. The monoisotopic (exact) mass is 340 g/mol. The van der Waals surface area contributed by atoms with Crippen molar-refractivity contribution in [2.24, 2.45) is 5.92 Å². The van der Waals surface area contributed by atoms with E-state index in [0.717, 1.165) is 12.0 Å². The molecule has 0 saturated heterocycles. The molecule has 0 aromatic heterocycles. The zero-order valence-electron chi connectivity index (χ0n) is 14.2. The SMILES string of the molecule is O=C([O-])c1cccc2c1N[C@H](c1cccc3ccccc13)[C@@H]1CC=C[C@@H]21. The summed E-state index contributed by atoms with van der Waals surface area (Å²) in [5.41, 5.74) is 3.23. The fourth-order valence-corrected chi connectivity index (χ4v) is 4.62. The van der Waals surface area contributed by atoms with Crippen LogP contribution in [-0.2, 0) is 0 Å². The molecule has 1 aliphatic carbocycles. The Morgan fingerprint density at radius 3 is 2.62 bits per heavy atom. The topological polar surface area (TPSA) is 52.2 Å². The summed E-state index contributed by atoms with van der Waals surface area (Å²) < 4.78 is 0. The molecule has 0 amide bonds. The number of carboxylic acid groups (broad SMARTS) is 1. The lowest BCUT2D eigenvalue weighted by Gasteiger charge is -2.39. The maximum Gasteiger partial charge on any atom is 0.0736 e. The summed E-state index contributed by atoms with van der Waals surface area (Å²) >= 11 is 0. The number of nitrogens with one attached hydrogen (secondary N) is 1. The van der Waals surface area contributed by atoms with Gasteiger partial charge in [-0.05, 0) is 34.2 Å². The van der Waals surface area contributed by atoms with E-state index in [1.807, 2.05) is 18.2 Å².